The first-order valence-electron chi connectivity index (χ1n) is 8.79. The Morgan fingerprint density at radius 3 is 2.39 bits per heavy atom. The van der Waals surface area contributed by atoms with Crippen LogP contribution in [0.1, 0.15) is 17.2 Å². The van der Waals surface area contributed by atoms with E-state index in [0.29, 0.717) is 6.54 Å². The number of para-hydroxylation sites is 1. The first-order chi connectivity index (χ1) is 13.3. The van der Waals surface area contributed by atoms with Crippen molar-refractivity contribution in [2.24, 2.45) is 0 Å². The summed E-state index contributed by atoms with van der Waals surface area (Å²) in [7, 11) is 3.63. The van der Waals surface area contributed by atoms with Gasteiger partial charge in [0.25, 0.3) is 11.7 Å². The maximum absolute atomic E-state index is 14.6. The fraction of sp³-hybridized carbons (Fsp3) is 0.238. The van der Waals surface area contributed by atoms with Gasteiger partial charge in [0.15, 0.2) is 0 Å². The summed E-state index contributed by atoms with van der Waals surface area (Å²) in [5, 5.41) is 20.9. The fourth-order valence-electron chi connectivity index (χ4n) is 3.26. The van der Waals surface area contributed by atoms with Crippen molar-refractivity contribution in [3.8, 4) is 5.75 Å². The number of carbonyl (C=O) groups excluding carboxylic acids is 2. The summed E-state index contributed by atoms with van der Waals surface area (Å²) in [6.45, 7) is 0.628. The summed E-state index contributed by atoms with van der Waals surface area (Å²) >= 11 is 0. The molecule has 0 spiro atoms. The Morgan fingerprint density at radius 1 is 1.11 bits per heavy atom. The molecule has 28 heavy (non-hydrogen) atoms. The average Bonchev–Trinajstić information content (AvgIpc) is 2.91. The Bertz CT molecular complexity index is 955. The highest BCUT2D eigenvalue weighted by atomic mass is 19.1. The summed E-state index contributed by atoms with van der Waals surface area (Å²) in [4.78, 5) is 28.5. The van der Waals surface area contributed by atoms with Crippen molar-refractivity contribution >= 4 is 17.4 Å². The van der Waals surface area contributed by atoms with E-state index in [0.717, 1.165) is 0 Å². The molecule has 1 aliphatic heterocycles. The number of rotatable bonds is 5. The summed E-state index contributed by atoms with van der Waals surface area (Å²) < 4.78 is 14.6. The summed E-state index contributed by atoms with van der Waals surface area (Å²) in [6, 6.07) is 10.7. The lowest BCUT2D eigenvalue weighted by atomic mass is 9.94. The number of Topliss-reactive ketones (excluding diaryl/α,β-unsaturated/α-hetero) is 1. The number of hydrogen-bond donors (Lipinski definition) is 2. The quantitative estimate of drug-likeness (QED) is 0.470. The molecule has 0 saturated carbocycles. The molecule has 2 aromatic rings. The molecule has 0 radical (unpaired) electrons. The molecule has 0 aliphatic carbocycles. The largest absolute Gasteiger partial charge is 0.507 e. The molecule has 6 nitrogen and oxygen atoms in total. The Kier molecular flexibility index (Phi) is 5.46. The van der Waals surface area contributed by atoms with E-state index in [-0.39, 0.29) is 29.0 Å². The molecule has 1 amide bonds. The van der Waals surface area contributed by atoms with Crippen LogP contribution in [0.2, 0.25) is 0 Å². The lowest BCUT2D eigenvalue weighted by molar-refractivity contribution is -0.140. The van der Waals surface area contributed by atoms with Gasteiger partial charge in [-0.3, -0.25) is 9.59 Å². The van der Waals surface area contributed by atoms with E-state index in [4.69, 9.17) is 0 Å². The van der Waals surface area contributed by atoms with Crippen LogP contribution in [0, 0.1) is 5.82 Å². The van der Waals surface area contributed by atoms with E-state index in [9.17, 15) is 24.2 Å². The third-order valence-corrected chi connectivity index (χ3v) is 4.69. The second-order valence-electron chi connectivity index (χ2n) is 6.83. The van der Waals surface area contributed by atoms with Crippen molar-refractivity contribution in [1.82, 2.24) is 9.80 Å². The Balaban J connectivity index is 2.20. The molecular weight excluding hydrogens is 363 g/mol. The zero-order valence-electron chi connectivity index (χ0n) is 15.6. The zero-order valence-corrected chi connectivity index (χ0v) is 15.6. The SMILES string of the molecule is CN(C)CCN1C(=O)C(=O)/C(=C(/O)c2ccccc2O)C1c1ccccc1F. The van der Waals surface area contributed by atoms with Crippen LogP contribution in [-0.2, 0) is 9.59 Å². The van der Waals surface area contributed by atoms with Crippen molar-refractivity contribution in [2.75, 3.05) is 27.2 Å². The van der Waals surface area contributed by atoms with Gasteiger partial charge in [-0.15, -0.1) is 0 Å². The lowest BCUT2D eigenvalue weighted by Gasteiger charge is -2.26. The molecule has 1 unspecified atom stereocenters. The molecule has 1 atom stereocenters. The molecule has 0 aromatic heterocycles. The third kappa shape index (κ3) is 3.48. The van der Waals surface area contributed by atoms with Crippen molar-refractivity contribution in [3.05, 3.63) is 71.0 Å². The van der Waals surface area contributed by atoms with Crippen LogP contribution >= 0.6 is 0 Å². The van der Waals surface area contributed by atoms with Gasteiger partial charge in [-0.2, -0.15) is 0 Å². The van der Waals surface area contributed by atoms with E-state index in [1.165, 1.54) is 35.2 Å². The highest BCUT2D eigenvalue weighted by Gasteiger charge is 2.46. The Morgan fingerprint density at radius 2 is 1.75 bits per heavy atom. The zero-order chi connectivity index (χ0) is 20.4. The van der Waals surface area contributed by atoms with Gasteiger partial charge in [-0.05, 0) is 32.3 Å². The van der Waals surface area contributed by atoms with Gasteiger partial charge in [0.2, 0.25) is 0 Å². The molecule has 0 bridgehead atoms. The molecule has 1 heterocycles. The number of amides is 1. The first-order valence-corrected chi connectivity index (χ1v) is 8.79. The number of aliphatic hydroxyl groups excluding tert-OH is 1. The number of ketones is 1. The molecule has 1 fully saturated rings. The number of phenolic OH excluding ortho intramolecular Hbond substituents is 1. The summed E-state index contributed by atoms with van der Waals surface area (Å²) in [5.74, 6) is -3.09. The second-order valence-corrected chi connectivity index (χ2v) is 6.83. The van der Waals surface area contributed by atoms with Gasteiger partial charge >= 0.3 is 0 Å². The van der Waals surface area contributed by atoms with E-state index >= 15 is 0 Å². The summed E-state index contributed by atoms with van der Waals surface area (Å²) in [5.41, 5.74) is -0.123. The minimum absolute atomic E-state index is 0.00875. The minimum Gasteiger partial charge on any atom is -0.507 e. The number of phenols is 1. The fourth-order valence-corrected chi connectivity index (χ4v) is 3.26. The normalized spacial score (nSPS) is 18.9. The maximum Gasteiger partial charge on any atom is 0.295 e. The topological polar surface area (TPSA) is 81.1 Å². The van der Waals surface area contributed by atoms with Crippen molar-refractivity contribution in [3.63, 3.8) is 0 Å². The Hall–Kier alpha value is -3.19. The maximum atomic E-state index is 14.6. The molecule has 1 aliphatic rings. The van der Waals surface area contributed by atoms with E-state index < -0.39 is 29.3 Å². The number of halogens is 1. The van der Waals surface area contributed by atoms with Gasteiger partial charge in [0.1, 0.15) is 17.3 Å². The Labute approximate surface area is 162 Å². The van der Waals surface area contributed by atoms with Crippen molar-refractivity contribution in [2.45, 2.75) is 6.04 Å². The van der Waals surface area contributed by atoms with Gasteiger partial charge in [-0.1, -0.05) is 30.3 Å². The van der Waals surface area contributed by atoms with Gasteiger partial charge in [0, 0.05) is 18.7 Å². The molecule has 2 N–H and O–H groups in total. The number of likely N-dealkylation sites (tertiary alicyclic amines) is 1. The molecule has 1 saturated heterocycles. The van der Waals surface area contributed by atoms with Crippen LogP contribution in [0.3, 0.4) is 0 Å². The number of aromatic hydroxyl groups is 1. The lowest BCUT2D eigenvalue weighted by Crippen LogP contribution is -2.35. The average molecular weight is 384 g/mol. The highest BCUT2D eigenvalue weighted by molar-refractivity contribution is 6.46. The van der Waals surface area contributed by atoms with Crippen LogP contribution in [0.15, 0.2) is 54.1 Å². The monoisotopic (exact) mass is 384 g/mol. The van der Waals surface area contributed by atoms with Crippen LogP contribution < -0.4 is 0 Å². The van der Waals surface area contributed by atoms with Crippen molar-refractivity contribution < 1.29 is 24.2 Å². The van der Waals surface area contributed by atoms with E-state index in [1.807, 2.05) is 19.0 Å². The van der Waals surface area contributed by atoms with Crippen molar-refractivity contribution in [1.29, 1.82) is 0 Å². The number of likely N-dealkylation sites (N-methyl/N-ethyl adjacent to an activating group) is 1. The molecule has 3 rings (SSSR count). The first kappa shape index (κ1) is 19.6. The van der Waals surface area contributed by atoms with Crippen LogP contribution in [0.4, 0.5) is 4.39 Å². The van der Waals surface area contributed by atoms with Crippen LogP contribution in [-0.4, -0.2) is 58.9 Å². The molecular formula is C21H21FN2O4. The van der Waals surface area contributed by atoms with Crippen LogP contribution in [0.5, 0.6) is 5.75 Å². The predicted octanol–water partition coefficient (Wildman–Crippen LogP) is 2.51. The molecule has 146 valence electrons. The smallest absolute Gasteiger partial charge is 0.295 e. The van der Waals surface area contributed by atoms with Gasteiger partial charge in [-0.25, -0.2) is 4.39 Å². The number of benzene rings is 2. The van der Waals surface area contributed by atoms with Crippen LogP contribution in [0.25, 0.3) is 5.76 Å². The second kappa shape index (κ2) is 7.82. The minimum atomic E-state index is -1.08. The van der Waals surface area contributed by atoms with Gasteiger partial charge < -0.3 is 20.0 Å². The number of carbonyl (C=O) groups is 2. The highest BCUT2D eigenvalue weighted by Crippen LogP contribution is 2.41. The number of hydrogen-bond acceptors (Lipinski definition) is 5. The standard InChI is InChI=1S/C21H21FN2O4/c1-23(2)11-12-24-18(13-7-3-5-9-15(13)22)17(20(27)21(24)28)19(26)14-8-4-6-10-16(14)25/h3-10,18,25-26H,11-12H2,1-2H3/b19-17+. The van der Waals surface area contributed by atoms with Gasteiger partial charge in [0.05, 0.1) is 17.2 Å². The summed E-state index contributed by atoms with van der Waals surface area (Å²) in [6.07, 6.45) is 0. The number of aliphatic hydroxyl groups is 1. The number of nitrogens with zero attached hydrogens (tertiary/aromatic N) is 2. The molecule has 7 heteroatoms. The predicted molar refractivity (Wildman–Crippen MR) is 102 cm³/mol. The van der Waals surface area contributed by atoms with E-state index in [1.54, 1.807) is 18.2 Å². The third-order valence-electron chi connectivity index (χ3n) is 4.69. The van der Waals surface area contributed by atoms with E-state index in [2.05, 4.69) is 0 Å². The molecule has 2 aromatic carbocycles.